The number of nitrogens with zero attached hydrogens (tertiary/aromatic N) is 1. The highest BCUT2D eigenvalue weighted by Gasteiger charge is 2.13. The standard InChI is InChI=1S/C23H18BrClN2O4/c1-15-6-2-3-7-18(15)23(29)31-20-11-10-17(24)12-16(20)13-26-27-22(28)14-30-21-9-5-4-8-19(21)25/h2-13H,14H2,1H3,(H,27,28). The first kappa shape index (κ1) is 22.5. The molecule has 1 amide bonds. The number of aryl methyl sites for hydroxylation is 1. The summed E-state index contributed by atoms with van der Waals surface area (Å²) in [4.78, 5) is 24.5. The molecule has 0 atom stereocenters. The molecule has 3 aromatic carbocycles. The summed E-state index contributed by atoms with van der Waals surface area (Å²) >= 11 is 9.36. The summed E-state index contributed by atoms with van der Waals surface area (Å²) in [5.41, 5.74) is 4.15. The number of amides is 1. The summed E-state index contributed by atoms with van der Waals surface area (Å²) in [5, 5.41) is 4.34. The number of halogens is 2. The number of esters is 1. The van der Waals surface area contributed by atoms with E-state index in [-0.39, 0.29) is 6.61 Å². The maximum atomic E-state index is 12.5. The Hall–Kier alpha value is -3.16. The second-order valence-corrected chi connectivity index (χ2v) is 7.72. The highest BCUT2D eigenvalue weighted by Crippen LogP contribution is 2.24. The highest BCUT2D eigenvalue weighted by molar-refractivity contribution is 9.10. The molecule has 3 rings (SSSR count). The monoisotopic (exact) mass is 500 g/mol. The lowest BCUT2D eigenvalue weighted by Crippen LogP contribution is -2.24. The van der Waals surface area contributed by atoms with Crippen LogP contribution in [0.2, 0.25) is 5.02 Å². The Bertz CT molecular complexity index is 1130. The van der Waals surface area contributed by atoms with Crippen LogP contribution < -0.4 is 14.9 Å². The number of hydrogen-bond donors (Lipinski definition) is 1. The van der Waals surface area contributed by atoms with E-state index in [9.17, 15) is 9.59 Å². The molecular weight excluding hydrogens is 484 g/mol. The van der Waals surface area contributed by atoms with E-state index < -0.39 is 11.9 Å². The van der Waals surface area contributed by atoms with Gasteiger partial charge in [0.25, 0.3) is 5.91 Å². The zero-order valence-electron chi connectivity index (χ0n) is 16.5. The number of rotatable bonds is 7. The first-order chi connectivity index (χ1) is 14.9. The van der Waals surface area contributed by atoms with Gasteiger partial charge in [-0.15, -0.1) is 0 Å². The fourth-order valence-electron chi connectivity index (χ4n) is 2.58. The number of para-hydroxylation sites is 1. The Balaban J connectivity index is 1.64. The van der Waals surface area contributed by atoms with E-state index in [1.54, 1.807) is 54.6 Å². The van der Waals surface area contributed by atoms with Crippen LogP contribution in [0.25, 0.3) is 0 Å². The molecule has 0 aromatic heterocycles. The molecule has 1 N–H and O–H groups in total. The normalized spacial score (nSPS) is 10.7. The lowest BCUT2D eigenvalue weighted by atomic mass is 10.1. The Morgan fingerprint density at radius 1 is 1.06 bits per heavy atom. The summed E-state index contributed by atoms with van der Waals surface area (Å²) in [5.74, 6) is -0.237. The summed E-state index contributed by atoms with van der Waals surface area (Å²) < 4.78 is 11.7. The molecule has 0 unspecified atom stereocenters. The minimum atomic E-state index is -0.479. The quantitative estimate of drug-likeness (QED) is 0.210. The lowest BCUT2D eigenvalue weighted by Gasteiger charge is -2.09. The van der Waals surface area contributed by atoms with Crippen molar-refractivity contribution in [2.24, 2.45) is 5.10 Å². The fourth-order valence-corrected chi connectivity index (χ4v) is 3.15. The van der Waals surface area contributed by atoms with Crippen LogP contribution >= 0.6 is 27.5 Å². The lowest BCUT2D eigenvalue weighted by molar-refractivity contribution is -0.123. The van der Waals surface area contributed by atoms with Crippen LogP contribution in [0.5, 0.6) is 11.5 Å². The van der Waals surface area contributed by atoms with E-state index in [0.717, 1.165) is 10.0 Å². The van der Waals surface area contributed by atoms with Crippen LogP contribution in [0, 0.1) is 6.92 Å². The highest BCUT2D eigenvalue weighted by atomic mass is 79.9. The van der Waals surface area contributed by atoms with Gasteiger partial charge in [0.2, 0.25) is 0 Å². The number of hydrogen-bond acceptors (Lipinski definition) is 5. The number of carbonyl (C=O) groups excluding carboxylic acids is 2. The smallest absolute Gasteiger partial charge is 0.343 e. The van der Waals surface area contributed by atoms with Crippen molar-refractivity contribution in [3.8, 4) is 11.5 Å². The molecular formula is C23H18BrClN2O4. The molecule has 3 aromatic rings. The molecule has 0 aliphatic rings. The first-order valence-electron chi connectivity index (χ1n) is 9.20. The van der Waals surface area contributed by atoms with Crippen molar-refractivity contribution >= 4 is 45.6 Å². The van der Waals surface area contributed by atoms with E-state index >= 15 is 0 Å². The van der Waals surface area contributed by atoms with Crippen molar-refractivity contribution in [1.82, 2.24) is 5.43 Å². The third-order valence-electron chi connectivity index (χ3n) is 4.13. The summed E-state index contributed by atoms with van der Waals surface area (Å²) in [6.45, 7) is 1.58. The summed E-state index contributed by atoms with van der Waals surface area (Å²) in [7, 11) is 0. The fraction of sp³-hybridized carbons (Fsp3) is 0.0870. The molecule has 0 spiro atoms. The van der Waals surface area contributed by atoms with Gasteiger partial charge in [-0.2, -0.15) is 5.10 Å². The third-order valence-corrected chi connectivity index (χ3v) is 4.93. The predicted octanol–water partition coefficient (Wildman–Crippen LogP) is 5.16. The van der Waals surface area contributed by atoms with E-state index in [1.165, 1.54) is 6.21 Å². The maximum absolute atomic E-state index is 12.5. The molecule has 8 heteroatoms. The zero-order chi connectivity index (χ0) is 22.2. The Labute approximate surface area is 193 Å². The van der Waals surface area contributed by atoms with Crippen LogP contribution in [0.1, 0.15) is 21.5 Å². The molecule has 0 aliphatic heterocycles. The van der Waals surface area contributed by atoms with Gasteiger partial charge < -0.3 is 9.47 Å². The van der Waals surface area contributed by atoms with Crippen LogP contribution in [0.4, 0.5) is 0 Å². The van der Waals surface area contributed by atoms with Gasteiger partial charge in [0.15, 0.2) is 6.61 Å². The molecule has 0 saturated carbocycles. The molecule has 0 aliphatic carbocycles. The van der Waals surface area contributed by atoms with Crippen LogP contribution in [-0.2, 0) is 4.79 Å². The number of benzene rings is 3. The predicted molar refractivity (Wildman–Crippen MR) is 123 cm³/mol. The van der Waals surface area contributed by atoms with Gasteiger partial charge in [0.05, 0.1) is 16.8 Å². The van der Waals surface area contributed by atoms with E-state index in [2.05, 4.69) is 26.5 Å². The van der Waals surface area contributed by atoms with Crippen molar-refractivity contribution in [2.45, 2.75) is 6.92 Å². The van der Waals surface area contributed by atoms with Gasteiger partial charge in [0.1, 0.15) is 11.5 Å². The molecule has 158 valence electrons. The van der Waals surface area contributed by atoms with Crippen molar-refractivity contribution in [2.75, 3.05) is 6.61 Å². The van der Waals surface area contributed by atoms with Crippen LogP contribution in [0.15, 0.2) is 76.3 Å². The number of hydrazone groups is 1. The number of carbonyl (C=O) groups is 2. The number of nitrogens with one attached hydrogen (secondary N) is 1. The summed E-state index contributed by atoms with van der Waals surface area (Å²) in [6.07, 6.45) is 1.39. The molecule has 6 nitrogen and oxygen atoms in total. The molecule has 31 heavy (non-hydrogen) atoms. The molecule has 0 radical (unpaired) electrons. The Morgan fingerprint density at radius 2 is 1.81 bits per heavy atom. The molecule has 0 fully saturated rings. The van der Waals surface area contributed by atoms with Crippen molar-refractivity contribution < 1.29 is 19.1 Å². The second-order valence-electron chi connectivity index (χ2n) is 6.40. The largest absolute Gasteiger partial charge is 0.482 e. The van der Waals surface area contributed by atoms with Crippen molar-refractivity contribution in [1.29, 1.82) is 0 Å². The SMILES string of the molecule is Cc1ccccc1C(=O)Oc1ccc(Br)cc1C=NNC(=O)COc1ccccc1Cl. The van der Waals surface area contributed by atoms with Gasteiger partial charge in [-0.3, -0.25) is 4.79 Å². The van der Waals surface area contributed by atoms with Gasteiger partial charge in [0, 0.05) is 10.0 Å². The van der Waals surface area contributed by atoms with Gasteiger partial charge in [-0.05, 0) is 48.9 Å². The molecule has 0 heterocycles. The minimum Gasteiger partial charge on any atom is -0.482 e. The van der Waals surface area contributed by atoms with E-state index in [0.29, 0.717) is 27.6 Å². The number of ether oxygens (including phenoxy) is 2. The van der Waals surface area contributed by atoms with Crippen molar-refractivity contribution in [3.05, 3.63) is 92.9 Å². The Morgan fingerprint density at radius 3 is 2.58 bits per heavy atom. The Kier molecular flexibility index (Phi) is 7.81. The first-order valence-corrected chi connectivity index (χ1v) is 10.4. The third kappa shape index (κ3) is 6.41. The summed E-state index contributed by atoms with van der Waals surface area (Å²) in [6, 6.07) is 19.1. The van der Waals surface area contributed by atoms with Crippen molar-refractivity contribution in [3.63, 3.8) is 0 Å². The second kappa shape index (κ2) is 10.7. The molecule has 0 bridgehead atoms. The topological polar surface area (TPSA) is 77.0 Å². The zero-order valence-corrected chi connectivity index (χ0v) is 18.8. The van der Waals surface area contributed by atoms with Gasteiger partial charge >= 0.3 is 5.97 Å². The minimum absolute atomic E-state index is 0.255. The van der Waals surface area contributed by atoms with Crippen LogP contribution in [0.3, 0.4) is 0 Å². The van der Waals surface area contributed by atoms with E-state index in [4.69, 9.17) is 21.1 Å². The van der Waals surface area contributed by atoms with Crippen LogP contribution in [-0.4, -0.2) is 24.7 Å². The average Bonchev–Trinajstić information content (AvgIpc) is 2.75. The van der Waals surface area contributed by atoms with Gasteiger partial charge in [-0.1, -0.05) is 57.9 Å². The molecule has 0 saturated heterocycles. The van der Waals surface area contributed by atoms with E-state index in [1.807, 2.05) is 19.1 Å². The average molecular weight is 502 g/mol. The maximum Gasteiger partial charge on any atom is 0.343 e. The van der Waals surface area contributed by atoms with Gasteiger partial charge in [-0.25, -0.2) is 10.2 Å².